The molecule has 1 unspecified atom stereocenters. The summed E-state index contributed by atoms with van der Waals surface area (Å²) in [5, 5.41) is 16.8. The molecule has 0 bridgehead atoms. The fourth-order valence-electron chi connectivity index (χ4n) is 3.90. The van der Waals surface area contributed by atoms with Crippen LogP contribution in [0, 0.1) is 6.92 Å². The number of carbonyl (C=O) groups excluding carboxylic acids is 1. The SMILES string of the molecule is COc1cccc(-c2cc(C(=O)N3CCCC(c4nc(C)ncc4CO)C3)[nH]n2)c1. The lowest BCUT2D eigenvalue weighted by Crippen LogP contribution is -2.39. The van der Waals surface area contributed by atoms with Crippen molar-refractivity contribution in [2.24, 2.45) is 0 Å². The van der Waals surface area contributed by atoms with Gasteiger partial charge in [0.2, 0.25) is 0 Å². The lowest BCUT2D eigenvalue weighted by molar-refractivity contribution is 0.0699. The molecule has 2 N–H and O–H groups in total. The Morgan fingerprint density at radius 2 is 2.23 bits per heavy atom. The number of amides is 1. The molecule has 30 heavy (non-hydrogen) atoms. The van der Waals surface area contributed by atoms with Gasteiger partial charge in [-0.05, 0) is 38.0 Å². The van der Waals surface area contributed by atoms with E-state index >= 15 is 0 Å². The first-order valence-corrected chi connectivity index (χ1v) is 10.0. The summed E-state index contributed by atoms with van der Waals surface area (Å²) >= 11 is 0. The molecule has 1 aliphatic rings. The van der Waals surface area contributed by atoms with Crippen molar-refractivity contribution in [1.82, 2.24) is 25.1 Å². The second-order valence-electron chi connectivity index (χ2n) is 7.47. The summed E-state index contributed by atoms with van der Waals surface area (Å²) in [5.74, 6) is 1.40. The van der Waals surface area contributed by atoms with E-state index < -0.39 is 0 Å². The maximum atomic E-state index is 13.1. The van der Waals surface area contributed by atoms with Crippen LogP contribution in [0.2, 0.25) is 0 Å². The number of nitrogens with one attached hydrogen (secondary N) is 1. The van der Waals surface area contributed by atoms with Crippen LogP contribution in [0.25, 0.3) is 11.3 Å². The molecule has 1 saturated heterocycles. The van der Waals surface area contributed by atoms with Crippen LogP contribution in [0.4, 0.5) is 0 Å². The number of aliphatic hydroxyl groups excluding tert-OH is 1. The van der Waals surface area contributed by atoms with Crippen molar-refractivity contribution in [3.63, 3.8) is 0 Å². The number of H-pyrrole nitrogens is 1. The van der Waals surface area contributed by atoms with E-state index in [1.54, 1.807) is 19.4 Å². The van der Waals surface area contributed by atoms with E-state index in [9.17, 15) is 9.90 Å². The molecule has 1 aliphatic heterocycles. The smallest absolute Gasteiger partial charge is 0.271 e. The van der Waals surface area contributed by atoms with Crippen LogP contribution >= 0.6 is 0 Å². The van der Waals surface area contributed by atoms with Gasteiger partial charge in [0.15, 0.2) is 0 Å². The monoisotopic (exact) mass is 407 g/mol. The number of piperidine rings is 1. The standard InChI is InChI=1S/C22H25N5O3/c1-14-23-11-17(13-28)21(24-14)16-6-4-8-27(12-16)22(29)20-10-19(25-26-20)15-5-3-7-18(9-15)30-2/h3,5,7,9-11,16,28H,4,6,8,12-13H2,1-2H3,(H,25,26). The van der Waals surface area contributed by atoms with Gasteiger partial charge in [0.25, 0.3) is 5.91 Å². The molecule has 1 amide bonds. The highest BCUT2D eigenvalue weighted by atomic mass is 16.5. The number of aliphatic hydroxyl groups is 1. The molecule has 8 nitrogen and oxygen atoms in total. The Bertz CT molecular complexity index is 1050. The van der Waals surface area contributed by atoms with Gasteiger partial charge in [0.05, 0.1) is 25.1 Å². The van der Waals surface area contributed by atoms with Gasteiger partial charge >= 0.3 is 0 Å². The van der Waals surface area contributed by atoms with Crippen molar-refractivity contribution >= 4 is 5.91 Å². The zero-order valence-corrected chi connectivity index (χ0v) is 17.1. The fourth-order valence-corrected chi connectivity index (χ4v) is 3.90. The van der Waals surface area contributed by atoms with E-state index in [0.29, 0.717) is 30.3 Å². The molecule has 156 valence electrons. The van der Waals surface area contributed by atoms with Crippen molar-refractivity contribution < 1.29 is 14.6 Å². The normalized spacial score (nSPS) is 16.5. The summed E-state index contributed by atoms with van der Waals surface area (Å²) in [6.07, 6.45) is 3.47. The summed E-state index contributed by atoms with van der Waals surface area (Å²) in [6.45, 7) is 2.96. The van der Waals surface area contributed by atoms with Crippen LogP contribution in [0.5, 0.6) is 5.75 Å². The second kappa shape index (κ2) is 8.62. The summed E-state index contributed by atoms with van der Waals surface area (Å²) in [7, 11) is 1.62. The van der Waals surface area contributed by atoms with Crippen LogP contribution in [0.3, 0.4) is 0 Å². The first kappa shape index (κ1) is 20.0. The number of nitrogens with zero attached hydrogens (tertiary/aromatic N) is 4. The maximum absolute atomic E-state index is 13.1. The molecule has 4 rings (SSSR count). The van der Waals surface area contributed by atoms with Gasteiger partial charge in [-0.25, -0.2) is 9.97 Å². The van der Waals surface area contributed by atoms with Gasteiger partial charge in [-0.15, -0.1) is 0 Å². The van der Waals surface area contributed by atoms with Gasteiger partial charge in [0.1, 0.15) is 17.3 Å². The Morgan fingerprint density at radius 1 is 1.37 bits per heavy atom. The van der Waals surface area contributed by atoms with Gasteiger partial charge in [-0.2, -0.15) is 5.10 Å². The number of aromatic nitrogens is 4. The van der Waals surface area contributed by atoms with E-state index in [-0.39, 0.29) is 18.4 Å². The van der Waals surface area contributed by atoms with Crippen LogP contribution in [0.15, 0.2) is 36.5 Å². The highest BCUT2D eigenvalue weighted by Gasteiger charge is 2.29. The van der Waals surface area contributed by atoms with Crippen molar-refractivity contribution in [1.29, 1.82) is 0 Å². The first-order valence-electron chi connectivity index (χ1n) is 10.0. The molecule has 3 aromatic rings. The highest BCUT2D eigenvalue weighted by molar-refractivity contribution is 5.93. The number of hydrogen-bond acceptors (Lipinski definition) is 6. The Morgan fingerprint density at radius 3 is 3.03 bits per heavy atom. The zero-order chi connectivity index (χ0) is 21.1. The van der Waals surface area contributed by atoms with Gasteiger partial charge in [-0.1, -0.05) is 12.1 Å². The van der Waals surface area contributed by atoms with E-state index in [0.717, 1.165) is 35.4 Å². The van der Waals surface area contributed by atoms with E-state index in [1.165, 1.54) is 0 Å². The average molecular weight is 407 g/mol. The molecule has 0 radical (unpaired) electrons. The zero-order valence-electron chi connectivity index (χ0n) is 17.1. The minimum Gasteiger partial charge on any atom is -0.497 e. The number of aryl methyl sites for hydroxylation is 1. The molecule has 3 heterocycles. The molecule has 8 heteroatoms. The molecule has 0 saturated carbocycles. The van der Waals surface area contributed by atoms with Gasteiger partial charge in [-0.3, -0.25) is 9.89 Å². The molecular weight excluding hydrogens is 382 g/mol. The van der Waals surface area contributed by atoms with Crippen molar-refractivity contribution in [3.05, 3.63) is 59.3 Å². The van der Waals surface area contributed by atoms with Crippen molar-refractivity contribution in [2.45, 2.75) is 32.3 Å². The van der Waals surface area contributed by atoms with E-state index in [2.05, 4.69) is 20.2 Å². The molecule has 2 aromatic heterocycles. The van der Waals surface area contributed by atoms with Crippen molar-refractivity contribution in [2.75, 3.05) is 20.2 Å². The average Bonchev–Trinajstić information content (AvgIpc) is 3.29. The topological polar surface area (TPSA) is 104 Å². The fraction of sp³-hybridized carbons (Fsp3) is 0.364. The minimum atomic E-state index is -0.107. The molecule has 0 spiro atoms. The van der Waals surface area contributed by atoms with Crippen LogP contribution in [0.1, 0.15) is 46.3 Å². The van der Waals surface area contributed by atoms with Gasteiger partial charge in [0, 0.05) is 36.3 Å². The van der Waals surface area contributed by atoms with E-state index in [4.69, 9.17) is 4.74 Å². The Hall–Kier alpha value is -3.26. The molecule has 1 atom stereocenters. The van der Waals surface area contributed by atoms with Crippen LogP contribution in [-0.4, -0.2) is 56.3 Å². The largest absolute Gasteiger partial charge is 0.497 e. The lowest BCUT2D eigenvalue weighted by atomic mass is 9.92. The number of hydrogen-bond donors (Lipinski definition) is 2. The number of carbonyl (C=O) groups is 1. The highest BCUT2D eigenvalue weighted by Crippen LogP contribution is 2.29. The third-order valence-electron chi connectivity index (χ3n) is 5.46. The first-order chi connectivity index (χ1) is 14.6. The van der Waals surface area contributed by atoms with Crippen LogP contribution < -0.4 is 4.74 Å². The maximum Gasteiger partial charge on any atom is 0.271 e. The summed E-state index contributed by atoms with van der Waals surface area (Å²) in [5.41, 5.74) is 3.59. The Balaban J connectivity index is 1.53. The molecule has 1 aromatic carbocycles. The Kier molecular flexibility index (Phi) is 5.76. The number of likely N-dealkylation sites (tertiary alicyclic amines) is 1. The third kappa shape index (κ3) is 4.04. The van der Waals surface area contributed by atoms with E-state index in [1.807, 2.05) is 36.1 Å². The molecule has 1 fully saturated rings. The predicted octanol–water partition coefficient (Wildman–Crippen LogP) is 2.70. The summed E-state index contributed by atoms with van der Waals surface area (Å²) in [4.78, 5) is 23.7. The number of methoxy groups -OCH3 is 1. The minimum absolute atomic E-state index is 0.0762. The third-order valence-corrected chi connectivity index (χ3v) is 5.46. The summed E-state index contributed by atoms with van der Waals surface area (Å²) < 4.78 is 5.27. The second-order valence-corrected chi connectivity index (χ2v) is 7.47. The van der Waals surface area contributed by atoms with Crippen LogP contribution in [-0.2, 0) is 6.61 Å². The lowest BCUT2D eigenvalue weighted by Gasteiger charge is -2.32. The number of benzene rings is 1. The summed E-state index contributed by atoms with van der Waals surface area (Å²) in [6, 6.07) is 9.34. The molecular formula is C22H25N5O3. The number of rotatable bonds is 5. The van der Waals surface area contributed by atoms with Gasteiger partial charge < -0.3 is 14.7 Å². The molecule has 0 aliphatic carbocycles. The quantitative estimate of drug-likeness (QED) is 0.674. The predicted molar refractivity (Wildman–Crippen MR) is 111 cm³/mol. The number of aromatic amines is 1. The Labute approximate surface area is 174 Å². The van der Waals surface area contributed by atoms with Crippen molar-refractivity contribution in [3.8, 4) is 17.0 Å². The number of ether oxygens (including phenoxy) is 1.